The summed E-state index contributed by atoms with van der Waals surface area (Å²) in [6.07, 6.45) is -9.65. The summed E-state index contributed by atoms with van der Waals surface area (Å²) in [6.45, 7) is 0. The average molecular weight is 849 g/mol. The number of allylic oxidation sites excluding steroid dienone is 2. The van der Waals surface area contributed by atoms with Crippen LogP contribution in [-0.4, -0.2) is 55.9 Å². The highest BCUT2D eigenvalue weighted by Crippen LogP contribution is 2.66. The van der Waals surface area contributed by atoms with Crippen molar-refractivity contribution in [2.75, 3.05) is 17.5 Å². The molecule has 6 unspecified atom stereocenters. The summed E-state index contributed by atoms with van der Waals surface area (Å²) in [5.41, 5.74) is -4.16. The van der Waals surface area contributed by atoms with Gasteiger partial charge in [0.2, 0.25) is 11.8 Å². The molecule has 48 heavy (non-hydrogen) atoms. The van der Waals surface area contributed by atoms with Crippen molar-refractivity contribution in [3.8, 4) is 11.5 Å². The summed E-state index contributed by atoms with van der Waals surface area (Å²) < 4.78 is 87.5. The number of hydrogen-bond acceptors (Lipinski definition) is 6. The first-order valence-corrected chi connectivity index (χ1v) is 16.6. The molecule has 1 saturated carbocycles. The third-order valence-corrected chi connectivity index (χ3v) is 12.0. The first-order chi connectivity index (χ1) is 22.2. The summed E-state index contributed by atoms with van der Waals surface area (Å²) >= 11 is 20.6. The van der Waals surface area contributed by atoms with Crippen molar-refractivity contribution in [2.24, 2.45) is 17.8 Å². The molecule has 1 N–H and O–H groups in total. The Hall–Kier alpha value is -2.82. The molecule has 2 aromatic rings. The number of nitrogens with zero attached hydrogens (tertiary/aromatic N) is 2. The second-order valence-electron chi connectivity index (χ2n) is 11.8. The van der Waals surface area contributed by atoms with E-state index in [9.17, 15) is 50.6 Å². The molecule has 2 aliphatic heterocycles. The van der Waals surface area contributed by atoms with Gasteiger partial charge in [0.25, 0.3) is 11.8 Å². The van der Waals surface area contributed by atoms with Gasteiger partial charge in [-0.2, -0.15) is 26.3 Å². The maximum atomic E-state index is 14.1. The van der Waals surface area contributed by atoms with Gasteiger partial charge in [-0.1, -0.05) is 27.6 Å². The van der Waals surface area contributed by atoms with E-state index in [1.165, 1.54) is 25.3 Å². The largest absolute Gasteiger partial charge is 0.503 e. The van der Waals surface area contributed by atoms with Crippen LogP contribution in [0.2, 0.25) is 0 Å². The first-order valence-electron chi connectivity index (χ1n) is 14.0. The molecule has 18 heteroatoms. The summed E-state index contributed by atoms with van der Waals surface area (Å²) in [6, 6.07) is 3.22. The molecule has 2 aliphatic carbocycles. The van der Waals surface area contributed by atoms with Gasteiger partial charge >= 0.3 is 12.4 Å². The molecule has 0 radical (unpaired) electrons. The number of likely N-dealkylation sites (tertiary alicyclic amines) is 1. The Balaban J connectivity index is 1.53. The molecule has 0 spiro atoms. The molecule has 2 heterocycles. The highest BCUT2D eigenvalue weighted by atomic mass is 79.9. The number of aromatic hydroxyl groups is 1. The predicted molar refractivity (Wildman–Crippen MR) is 165 cm³/mol. The molecule has 2 aromatic carbocycles. The van der Waals surface area contributed by atoms with Crippen LogP contribution in [0.25, 0.3) is 0 Å². The molecule has 3 fully saturated rings. The van der Waals surface area contributed by atoms with Crippen molar-refractivity contribution in [1.82, 2.24) is 4.90 Å². The summed E-state index contributed by atoms with van der Waals surface area (Å²) in [5.74, 6) is -9.38. The van der Waals surface area contributed by atoms with E-state index in [1.54, 1.807) is 0 Å². The molecule has 0 aromatic heterocycles. The van der Waals surface area contributed by atoms with Gasteiger partial charge in [-0.05, 0) is 70.6 Å². The predicted octanol–water partition coefficient (Wildman–Crippen LogP) is 7.12. The topological polar surface area (TPSA) is 104 Å². The van der Waals surface area contributed by atoms with Gasteiger partial charge in [-0.3, -0.25) is 24.1 Å². The molecular formula is C30H20Br2Cl2F6N2O6. The van der Waals surface area contributed by atoms with Crippen LogP contribution >= 0.6 is 55.1 Å². The molecule has 4 aliphatic rings. The molecule has 8 nitrogen and oxygen atoms in total. The Morgan fingerprint density at radius 2 is 1.54 bits per heavy atom. The Bertz CT molecular complexity index is 1810. The third-order valence-electron chi connectivity index (χ3n) is 9.45. The number of ether oxygens (including phenoxy) is 1. The quantitative estimate of drug-likeness (QED) is 0.116. The highest BCUT2D eigenvalue weighted by molar-refractivity contribution is 9.10. The van der Waals surface area contributed by atoms with Gasteiger partial charge < -0.3 is 9.84 Å². The van der Waals surface area contributed by atoms with Crippen molar-refractivity contribution >= 4 is 84.4 Å². The first kappa shape index (κ1) is 35.0. The Morgan fingerprint density at radius 3 is 2.08 bits per heavy atom. The molecule has 256 valence electrons. The maximum absolute atomic E-state index is 14.1. The number of carbonyl (C=O) groups excluding carboxylic acids is 4. The van der Waals surface area contributed by atoms with E-state index >= 15 is 0 Å². The van der Waals surface area contributed by atoms with Gasteiger partial charge in [0, 0.05) is 5.92 Å². The van der Waals surface area contributed by atoms with E-state index in [0.29, 0.717) is 22.6 Å². The Labute approximate surface area is 294 Å². The SMILES string of the molecule is COc1cc(C2C3=CCC4C(=O)N(c5cc(C(F)(F)F)cc(C(F)(F)F)c5)C(=O)C4C3CC3(Cl)C(=O)N(CBr)C(=O)C23Cl)cc(Br)c1O. The molecule has 0 bridgehead atoms. The van der Waals surface area contributed by atoms with E-state index in [2.05, 4.69) is 31.9 Å². The fourth-order valence-corrected chi connectivity index (χ4v) is 9.25. The number of phenolic OH excluding ortho intramolecular Hbond substituents is 1. The van der Waals surface area contributed by atoms with Gasteiger partial charge in [0.15, 0.2) is 21.2 Å². The van der Waals surface area contributed by atoms with Crippen molar-refractivity contribution in [3.05, 3.63) is 63.1 Å². The lowest BCUT2D eigenvalue weighted by atomic mass is 9.56. The van der Waals surface area contributed by atoms with Crippen molar-refractivity contribution in [1.29, 1.82) is 0 Å². The van der Waals surface area contributed by atoms with Crippen LogP contribution in [0.4, 0.5) is 32.0 Å². The van der Waals surface area contributed by atoms with Crippen molar-refractivity contribution in [2.45, 2.75) is 40.9 Å². The lowest BCUT2D eigenvalue weighted by Crippen LogP contribution is -2.60. The summed E-state index contributed by atoms with van der Waals surface area (Å²) in [5, 5.41) is 10.5. The van der Waals surface area contributed by atoms with Crippen LogP contribution < -0.4 is 9.64 Å². The molecule has 2 saturated heterocycles. The number of halogens is 10. The van der Waals surface area contributed by atoms with E-state index in [4.69, 9.17) is 27.9 Å². The number of anilines is 1. The molecule has 6 atom stereocenters. The minimum Gasteiger partial charge on any atom is -0.503 e. The molecule has 6 rings (SSSR count). The number of methoxy groups -OCH3 is 1. The van der Waals surface area contributed by atoms with E-state index in [1.807, 2.05) is 0 Å². The standard InChI is InChI=1S/C30H20Br2Cl2F6N2O6/c1-48-19-5-11(4-18(32)22(19)43)21-15-2-3-16-20(17(15)9-27(33)25(46)41(10-31)26(47)28(21,27)34)24(45)42(23(16)44)14-7-12(29(35,36)37)6-13(8-14)30(38,39)40/h2,4-8,16-17,20-21,43H,3,9-10H2,1H3. The average Bonchev–Trinajstić information content (AvgIpc) is 3.34. The maximum Gasteiger partial charge on any atom is 0.416 e. The number of phenols is 1. The highest BCUT2D eigenvalue weighted by Gasteiger charge is 2.76. The fraction of sp³-hybridized carbons (Fsp3) is 0.400. The minimum absolute atomic E-state index is 0.0614. The third kappa shape index (κ3) is 4.83. The number of fused-ring (bicyclic) bond motifs is 4. The Morgan fingerprint density at radius 1 is 0.938 bits per heavy atom. The van der Waals surface area contributed by atoms with Crippen molar-refractivity contribution in [3.63, 3.8) is 0 Å². The zero-order valence-electron chi connectivity index (χ0n) is 24.1. The fourth-order valence-electron chi connectivity index (χ4n) is 7.36. The van der Waals surface area contributed by atoms with Crippen LogP contribution in [0.15, 0.2) is 46.5 Å². The van der Waals surface area contributed by atoms with Crippen LogP contribution in [0.1, 0.15) is 35.4 Å². The van der Waals surface area contributed by atoms with Crippen LogP contribution in [0.5, 0.6) is 11.5 Å². The van der Waals surface area contributed by atoms with E-state index in [-0.39, 0.29) is 39.5 Å². The van der Waals surface area contributed by atoms with Gasteiger partial charge in [0.1, 0.15) is 0 Å². The number of imide groups is 2. The smallest absolute Gasteiger partial charge is 0.416 e. The second-order valence-corrected chi connectivity index (χ2v) is 14.4. The minimum atomic E-state index is -5.25. The monoisotopic (exact) mass is 846 g/mol. The van der Waals surface area contributed by atoms with E-state index in [0.717, 1.165) is 4.90 Å². The van der Waals surface area contributed by atoms with Crippen LogP contribution in [-0.2, 0) is 31.5 Å². The number of benzene rings is 2. The van der Waals surface area contributed by atoms with Crippen LogP contribution in [0, 0.1) is 17.8 Å². The number of carbonyl (C=O) groups is 4. The number of hydrogen-bond donors (Lipinski definition) is 1. The van der Waals surface area contributed by atoms with Gasteiger partial charge in [-0.15, -0.1) is 23.2 Å². The van der Waals surface area contributed by atoms with Gasteiger partial charge in [-0.25, -0.2) is 4.90 Å². The zero-order valence-corrected chi connectivity index (χ0v) is 28.7. The second kappa shape index (κ2) is 11.4. The lowest BCUT2D eigenvalue weighted by molar-refractivity contribution is -0.143. The molecular weight excluding hydrogens is 829 g/mol. The summed E-state index contributed by atoms with van der Waals surface area (Å²) in [4.78, 5) is 52.2. The normalized spacial score (nSPS) is 30.4. The lowest BCUT2D eigenvalue weighted by Gasteiger charge is -2.50. The number of amides is 4. The Kier molecular flexibility index (Phi) is 8.28. The molecule has 4 amide bonds. The van der Waals surface area contributed by atoms with Crippen LogP contribution in [0.3, 0.4) is 0 Å². The number of alkyl halides is 9. The zero-order chi connectivity index (χ0) is 35.5. The number of rotatable bonds is 4. The summed E-state index contributed by atoms with van der Waals surface area (Å²) in [7, 11) is 1.26. The van der Waals surface area contributed by atoms with E-state index < -0.39 is 92.6 Å². The van der Waals surface area contributed by atoms with Gasteiger partial charge in [0.05, 0.1) is 45.7 Å². The van der Waals surface area contributed by atoms with Crippen molar-refractivity contribution < 1.29 is 55.4 Å².